The number of methoxy groups -OCH3 is 1. The van der Waals surface area contributed by atoms with Gasteiger partial charge in [-0.05, 0) is 51.2 Å². The van der Waals surface area contributed by atoms with E-state index in [-0.39, 0.29) is 34.9 Å². The molecule has 0 spiro atoms. The van der Waals surface area contributed by atoms with Crippen LogP contribution in [0.4, 0.5) is 0 Å². The molecule has 2 bridgehead atoms. The van der Waals surface area contributed by atoms with Crippen LogP contribution in [0.3, 0.4) is 0 Å². The van der Waals surface area contributed by atoms with E-state index < -0.39 is 0 Å². The molecule has 0 unspecified atom stereocenters. The number of ether oxygens (including phenoxy) is 1. The Hall–Kier alpha value is -0.750. The normalized spacial score (nSPS) is 32.9. The molecule has 2 saturated heterocycles. The van der Waals surface area contributed by atoms with Gasteiger partial charge >= 0.3 is 0 Å². The van der Waals surface area contributed by atoms with Gasteiger partial charge in [0.15, 0.2) is 0 Å². The average Bonchev–Trinajstić information content (AvgIpc) is 3.09. The van der Waals surface area contributed by atoms with Crippen LogP contribution in [0.1, 0.15) is 51.9 Å². The van der Waals surface area contributed by atoms with E-state index in [1.165, 1.54) is 0 Å². The van der Waals surface area contributed by atoms with Gasteiger partial charge in [0, 0.05) is 31.3 Å². The molecule has 5 nitrogen and oxygen atoms in total. The van der Waals surface area contributed by atoms with Gasteiger partial charge in [0.05, 0.1) is 11.2 Å². The Morgan fingerprint density at radius 1 is 1.33 bits per heavy atom. The fraction of sp³-hybridized carbons (Fsp3) is 0.889. The van der Waals surface area contributed by atoms with Gasteiger partial charge in [-0.1, -0.05) is 6.92 Å². The molecule has 2 aliphatic heterocycles. The molecule has 0 aromatic rings. The van der Waals surface area contributed by atoms with Crippen molar-refractivity contribution >= 4 is 23.6 Å². The number of carbonyl (C=O) groups is 2. The molecule has 3 fully saturated rings. The first-order valence-corrected chi connectivity index (χ1v) is 10.5. The number of hydrogen-bond acceptors (Lipinski definition) is 4. The average molecular weight is 355 g/mol. The molecule has 24 heavy (non-hydrogen) atoms. The predicted octanol–water partition coefficient (Wildman–Crippen LogP) is 2.19. The lowest BCUT2D eigenvalue weighted by Gasteiger charge is -2.36. The summed E-state index contributed by atoms with van der Waals surface area (Å²) in [5.41, 5.74) is -0.440. The molecule has 0 radical (unpaired) electrons. The van der Waals surface area contributed by atoms with Crippen LogP contribution in [0.2, 0.25) is 0 Å². The Balaban J connectivity index is 1.73. The quantitative estimate of drug-likeness (QED) is 0.726. The standard InChI is InChI=1S/C18H30N2O3S/c1-4-18(16(22)19-17(7-8-17)9-10-23-2)11-13-5-6-14(18)20(13)15(21)12-24-3/h13-14H,4-12H2,1-3H3,(H,19,22)/t13-,14+,18+/m0/s1. The molecule has 2 heterocycles. The summed E-state index contributed by atoms with van der Waals surface area (Å²) in [4.78, 5) is 27.8. The third-order valence-corrected chi connectivity index (χ3v) is 6.93. The van der Waals surface area contributed by atoms with E-state index >= 15 is 0 Å². The lowest BCUT2D eigenvalue weighted by molar-refractivity contribution is -0.136. The molecule has 136 valence electrons. The smallest absolute Gasteiger partial charge is 0.233 e. The zero-order valence-corrected chi connectivity index (χ0v) is 15.9. The Kier molecular flexibility index (Phi) is 5.17. The van der Waals surface area contributed by atoms with Crippen LogP contribution in [0.15, 0.2) is 0 Å². The summed E-state index contributed by atoms with van der Waals surface area (Å²) >= 11 is 1.57. The number of nitrogens with zero attached hydrogens (tertiary/aromatic N) is 1. The first kappa shape index (κ1) is 18.1. The highest BCUT2D eigenvalue weighted by Gasteiger charge is 2.61. The van der Waals surface area contributed by atoms with E-state index in [2.05, 4.69) is 12.2 Å². The highest BCUT2D eigenvalue weighted by atomic mass is 32.2. The van der Waals surface area contributed by atoms with Crippen molar-refractivity contribution in [1.82, 2.24) is 10.2 Å². The zero-order valence-electron chi connectivity index (χ0n) is 15.1. The number of nitrogens with one attached hydrogen (secondary N) is 1. The second-order valence-corrected chi connectivity index (χ2v) is 8.54. The van der Waals surface area contributed by atoms with Gasteiger partial charge in [-0.3, -0.25) is 9.59 Å². The van der Waals surface area contributed by atoms with E-state index in [9.17, 15) is 9.59 Å². The molecule has 1 saturated carbocycles. The monoisotopic (exact) mass is 354 g/mol. The van der Waals surface area contributed by atoms with Crippen LogP contribution in [-0.4, -0.2) is 60.1 Å². The molecule has 3 aliphatic rings. The van der Waals surface area contributed by atoms with Crippen molar-refractivity contribution in [1.29, 1.82) is 0 Å². The second-order valence-electron chi connectivity index (χ2n) is 7.67. The van der Waals surface area contributed by atoms with E-state index in [0.717, 1.165) is 44.9 Å². The van der Waals surface area contributed by atoms with Crippen LogP contribution in [0.5, 0.6) is 0 Å². The fourth-order valence-electron chi connectivity index (χ4n) is 4.79. The lowest BCUT2D eigenvalue weighted by atomic mass is 9.71. The third kappa shape index (κ3) is 2.96. The van der Waals surface area contributed by atoms with Gasteiger partial charge < -0.3 is 15.0 Å². The van der Waals surface area contributed by atoms with Crippen LogP contribution >= 0.6 is 11.8 Å². The minimum absolute atomic E-state index is 0.0504. The molecule has 2 amide bonds. The zero-order chi connectivity index (χ0) is 17.4. The van der Waals surface area contributed by atoms with Crippen LogP contribution < -0.4 is 5.32 Å². The summed E-state index contributed by atoms with van der Waals surface area (Å²) in [6.07, 6.45) is 8.60. The number of rotatable bonds is 8. The van der Waals surface area contributed by atoms with E-state index in [4.69, 9.17) is 4.74 Å². The highest BCUT2D eigenvalue weighted by Crippen LogP contribution is 2.53. The molecular formula is C18H30N2O3S. The molecule has 6 heteroatoms. The van der Waals surface area contributed by atoms with Gasteiger partial charge in [-0.25, -0.2) is 0 Å². The van der Waals surface area contributed by atoms with Crippen molar-refractivity contribution in [3.05, 3.63) is 0 Å². The summed E-state index contributed by atoms with van der Waals surface area (Å²) in [5.74, 6) is 0.901. The summed E-state index contributed by atoms with van der Waals surface area (Å²) in [6.45, 7) is 2.79. The van der Waals surface area contributed by atoms with Crippen molar-refractivity contribution < 1.29 is 14.3 Å². The van der Waals surface area contributed by atoms with Crippen molar-refractivity contribution in [3.63, 3.8) is 0 Å². The highest BCUT2D eigenvalue weighted by molar-refractivity contribution is 7.99. The van der Waals surface area contributed by atoms with Gasteiger partial charge in [0.25, 0.3) is 0 Å². The van der Waals surface area contributed by atoms with E-state index in [1.807, 2.05) is 11.2 Å². The van der Waals surface area contributed by atoms with E-state index in [1.54, 1.807) is 18.9 Å². The third-order valence-electron chi connectivity index (χ3n) is 6.40. The topological polar surface area (TPSA) is 58.6 Å². The van der Waals surface area contributed by atoms with Crippen molar-refractivity contribution in [2.45, 2.75) is 69.5 Å². The van der Waals surface area contributed by atoms with Crippen LogP contribution in [0, 0.1) is 5.41 Å². The van der Waals surface area contributed by atoms with Crippen molar-refractivity contribution in [2.24, 2.45) is 5.41 Å². The van der Waals surface area contributed by atoms with Crippen LogP contribution in [0.25, 0.3) is 0 Å². The maximum atomic E-state index is 13.2. The van der Waals surface area contributed by atoms with Gasteiger partial charge in [0.1, 0.15) is 0 Å². The van der Waals surface area contributed by atoms with Gasteiger partial charge in [-0.15, -0.1) is 0 Å². The molecule has 3 atom stereocenters. The molecule has 1 N–H and O–H groups in total. The van der Waals surface area contributed by atoms with Crippen molar-refractivity contribution in [3.8, 4) is 0 Å². The summed E-state index contributed by atoms with van der Waals surface area (Å²) < 4.78 is 5.19. The predicted molar refractivity (Wildman–Crippen MR) is 96.0 cm³/mol. The van der Waals surface area contributed by atoms with E-state index in [0.29, 0.717) is 12.4 Å². The maximum absolute atomic E-state index is 13.2. The Morgan fingerprint density at radius 3 is 2.67 bits per heavy atom. The second kappa shape index (κ2) is 6.87. The summed E-state index contributed by atoms with van der Waals surface area (Å²) in [6, 6.07) is 0.347. The Bertz CT molecular complexity index is 508. The molecule has 0 aromatic carbocycles. The lowest BCUT2D eigenvalue weighted by Crippen LogP contribution is -2.53. The Labute approximate surface area is 149 Å². The summed E-state index contributed by atoms with van der Waals surface area (Å²) in [5, 5.41) is 3.35. The van der Waals surface area contributed by atoms with Crippen molar-refractivity contribution in [2.75, 3.05) is 25.7 Å². The first-order chi connectivity index (χ1) is 11.5. The first-order valence-electron chi connectivity index (χ1n) is 9.13. The largest absolute Gasteiger partial charge is 0.385 e. The summed E-state index contributed by atoms with van der Waals surface area (Å²) in [7, 11) is 1.70. The number of amides is 2. The number of thioether (sulfide) groups is 1. The van der Waals surface area contributed by atoms with Crippen LogP contribution in [-0.2, 0) is 14.3 Å². The number of hydrogen-bond donors (Lipinski definition) is 1. The van der Waals surface area contributed by atoms with Gasteiger partial charge in [0.2, 0.25) is 11.8 Å². The minimum Gasteiger partial charge on any atom is -0.385 e. The van der Waals surface area contributed by atoms with Gasteiger partial charge in [-0.2, -0.15) is 11.8 Å². The SMILES string of the molecule is CC[C@@]1(C(=O)NC2(CCOC)CC2)C[C@@H]2CC[C@H]1N2C(=O)CSC. The number of carbonyl (C=O) groups excluding carboxylic acids is 2. The minimum atomic E-state index is -0.389. The Morgan fingerprint density at radius 2 is 2.08 bits per heavy atom. The molecule has 3 rings (SSSR count). The number of fused-ring (bicyclic) bond motifs is 2. The fourth-order valence-corrected chi connectivity index (χ4v) is 5.19. The molecule has 0 aromatic heterocycles. The maximum Gasteiger partial charge on any atom is 0.233 e. The molecular weight excluding hydrogens is 324 g/mol. The molecule has 1 aliphatic carbocycles.